The molecule has 0 bridgehead atoms. The maximum atomic E-state index is 11.1. The molecule has 0 radical (unpaired) electrons. The lowest BCUT2D eigenvalue weighted by Crippen LogP contribution is -2.03. The smallest absolute Gasteiger partial charge is 0.339 e. The predicted molar refractivity (Wildman–Crippen MR) is 48.7 cm³/mol. The van der Waals surface area contributed by atoms with Gasteiger partial charge in [0.1, 0.15) is 0 Å². The van der Waals surface area contributed by atoms with Crippen molar-refractivity contribution in [2.75, 3.05) is 7.11 Å². The molecular formula is C9H9ClO3. The van der Waals surface area contributed by atoms with Crippen molar-refractivity contribution in [2.45, 2.75) is 6.61 Å². The van der Waals surface area contributed by atoms with Crippen molar-refractivity contribution in [1.29, 1.82) is 0 Å². The quantitative estimate of drug-likeness (QED) is 0.738. The number of ether oxygens (including phenoxy) is 1. The molecule has 1 aromatic rings. The highest BCUT2D eigenvalue weighted by atomic mass is 35.5. The van der Waals surface area contributed by atoms with Crippen molar-refractivity contribution in [2.24, 2.45) is 0 Å². The average molecular weight is 201 g/mol. The van der Waals surface area contributed by atoms with E-state index in [1.54, 1.807) is 18.2 Å². The molecule has 1 N–H and O–H groups in total. The van der Waals surface area contributed by atoms with Crippen molar-refractivity contribution >= 4 is 17.6 Å². The minimum Gasteiger partial charge on any atom is -0.465 e. The van der Waals surface area contributed by atoms with Gasteiger partial charge in [0.25, 0.3) is 0 Å². The molecule has 0 aliphatic heterocycles. The number of hydrogen-bond donors (Lipinski definition) is 1. The molecule has 0 aromatic heterocycles. The van der Waals surface area contributed by atoms with E-state index in [2.05, 4.69) is 4.74 Å². The Morgan fingerprint density at radius 2 is 2.31 bits per heavy atom. The Labute approximate surface area is 80.9 Å². The van der Waals surface area contributed by atoms with Gasteiger partial charge in [0.15, 0.2) is 0 Å². The maximum absolute atomic E-state index is 11.1. The predicted octanol–water partition coefficient (Wildman–Crippen LogP) is 1.62. The molecule has 3 nitrogen and oxygen atoms in total. The van der Waals surface area contributed by atoms with Crippen LogP contribution in [0.4, 0.5) is 0 Å². The lowest BCUT2D eigenvalue weighted by molar-refractivity contribution is 0.0601. The zero-order valence-electron chi connectivity index (χ0n) is 7.08. The Balaban J connectivity index is 3.15. The molecule has 0 aliphatic rings. The molecule has 4 heteroatoms. The van der Waals surface area contributed by atoms with Gasteiger partial charge in [0.05, 0.1) is 24.3 Å². The molecule has 0 saturated heterocycles. The topological polar surface area (TPSA) is 46.5 Å². The highest BCUT2D eigenvalue weighted by molar-refractivity contribution is 6.34. The first-order valence-electron chi connectivity index (χ1n) is 3.67. The number of benzene rings is 1. The molecule has 0 spiro atoms. The maximum Gasteiger partial charge on any atom is 0.339 e. The van der Waals surface area contributed by atoms with Gasteiger partial charge < -0.3 is 9.84 Å². The summed E-state index contributed by atoms with van der Waals surface area (Å²) in [6.07, 6.45) is 0. The van der Waals surface area contributed by atoms with Gasteiger partial charge >= 0.3 is 5.97 Å². The summed E-state index contributed by atoms with van der Waals surface area (Å²) in [6.45, 7) is -0.191. The van der Waals surface area contributed by atoms with Crippen LogP contribution in [0, 0.1) is 0 Å². The van der Waals surface area contributed by atoms with Gasteiger partial charge in [-0.1, -0.05) is 23.7 Å². The molecule has 1 aromatic carbocycles. The van der Waals surface area contributed by atoms with E-state index in [1.165, 1.54) is 7.11 Å². The Bertz CT molecular complexity index is 323. The van der Waals surface area contributed by atoms with Gasteiger partial charge in [-0.2, -0.15) is 0 Å². The third-order valence-electron chi connectivity index (χ3n) is 1.65. The number of esters is 1. The molecule has 0 fully saturated rings. The molecule has 1 rings (SSSR count). The van der Waals surface area contributed by atoms with Crippen LogP contribution in [0.2, 0.25) is 5.02 Å². The van der Waals surface area contributed by atoms with Crippen molar-refractivity contribution < 1.29 is 14.6 Å². The number of methoxy groups -OCH3 is 1. The van der Waals surface area contributed by atoms with Crippen molar-refractivity contribution in [3.8, 4) is 0 Å². The van der Waals surface area contributed by atoms with Crippen LogP contribution in [0.1, 0.15) is 15.9 Å². The fourth-order valence-electron chi connectivity index (χ4n) is 0.970. The summed E-state index contributed by atoms with van der Waals surface area (Å²) >= 11 is 5.82. The Morgan fingerprint density at radius 1 is 1.62 bits per heavy atom. The van der Waals surface area contributed by atoms with Crippen LogP contribution in [0.3, 0.4) is 0 Å². The molecule has 70 valence electrons. The zero-order chi connectivity index (χ0) is 9.84. The highest BCUT2D eigenvalue weighted by Crippen LogP contribution is 2.21. The number of aliphatic hydroxyl groups excluding tert-OH is 1. The van der Waals surface area contributed by atoms with Crippen LogP contribution < -0.4 is 0 Å². The second-order valence-electron chi connectivity index (χ2n) is 2.43. The standard InChI is InChI=1S/C9H9ClO3/c1-13-9(12)7-4-2-3-6(5-11)8(7)10/h2-4,11H,5H2,1H3. The first-order valence-corrected chi connectivity index (χ1v) is 4.05. The number of carbonyl (C=O) groups excluding carboxylic acids is 1. The van der Waals surface area contributed by atoms with E-state index in [-0.39, 0.29) is 17.2 Å². The third kappa shape index (κ3) is 1.99. The van der Waals surface area contributed by atoms with Crippen LogP contribution in [0.5, 0.6) is 0 Å². The second-order valence-corrected chi connectivity index (χ2v) is 2.81. The van der Waals surface area contributed by atoms with E-state index in [4.69, 9.17) is 16.7 Å². The largest absolute Gasteiger partial charge is 0.465 e. The minimum atomic E-state index is -0.500. The van der Waals surface area contributed by atoms with Crippen molar-refractivity contribution in [1.82, 2.24) is 0 Å². The van der Waals surface area contributed by atoms with Gasteiger partial charge in [0, 0.05) is 0 Å². The van der Waals surface area contributed by atoms with Gasteiger partial charge in [-0.15, -0.1) is 0 Å². The molecule has 0 amide bonds. The monoisotopic (exact) mass is 200 g/mol. The molecular weight excluding hydrogens is 192 g/mol. The van der Waals surface area contributed by atoms with Crippen molar-refractivity contribution in [3.63, 3.8) is 0 Å². The molecule has 0 saturated carbocycles. The lowest BCUT2D eigenvalue weighted by atomic mass is 10.1. The highest BCUT2D eigenvalue weighted by Gasteiger charge is 2.12. The summed E-state index contributed by atoms with van der Waals surface area (Å²) in [5.41, 5.74) is 0.792. The van der Waals surface area contributed by atoms with Crippen LogP contribution >= 0.6 is 11.6 Å². The normalized spacial score (nSPS) is 9.77. The van der Waals surface area contributed by atoms with Crippen LogP contribution in [0.25, 0.3) is 0 Å². The summed E-state index contributed by atoms with van der Waals surface area (Å²) in [7, 11) is 1.28. The molecule has 0 unspecified atom stereocenters. The fraction of sp³-hybridized carbons (Fsp3) is 0.222. The van der Waals surface area contributed by atoms with E-state index in [9.17, 15) is 4.79 Å². The lowest BCUT2D eigenvalue weighted by Gasteiger charge is -2.05. The van der Waals surface area contributed by atoms with Crippen LogP contribution in [0.15, 0.2) is 18.2 Å². The van der Waals surface area contributed by atoms with Crippen molar-refractivity contribution in [3.05, 3.63) is 34.3 Å². The summed E-state index contributed by atoms with van der Waals surface area (Å²) in [6, 6.07) is 4.84. The molecule has 0 heterocycles. The molecule has 0 aliphatic carbocycles. The van der Waals surface area contributed by atoms with Crippen LogP contribution in [-0.4, -0.2) is 18.2 Å². The Hall–Kier alpha value is -1.06. The SMILES string of the molecule is COC(=O)c1cccc(CO)c1Cl. The number of aliphatic hydroxyl groups is 1. The first kappa shape index (κ1) is 10.0. The number of halogens is 1. The number of hydrogen-bond acceptors (Lipinski definition) is 3. The first-order chi connectivity index (χ1) is 6.20. The van der Waals surface area contributed by atoms with E-state index in [0.29, 0.717) is 5.56 Å². The Morgan fingerprint density at radius 3 is 2.85 bits per heavy atom. The summed E-state index contributed by atoms with van der Waals surface area (Å²) < 4.78 is 4.51. The van der Waals surface area contributed by atoms with E-state index in [0.717, 1.165) is 0 Å². The van der Waals surface area contributed by atoms with Gasteiger partial charge in [-0.3, -0.25) is 0 Å². The molecule has 13 heavy (non-hydrogen) atoms. The van der Waals surface area contributed by atoms with E-state index >= 15 is 0 Å². The van der Waals surface area contributed by atoms with E-state index in [1.807, 2.05) is 0 Å². The Kier molecular flexibility index (Phi) is 3.28. The summed E-state index contributed by atoms with van der Waals surface area (Å²) in [5, 5.41) is 9.11. The molecule has 0 atom stereocenters. The van der Waals surface area contributed by atoms with Gasteiger partial charge in [-0.25, -0.2) is 4.79 Å². The number of carbonyl (C=O) groups is 1. The second kappa shape index (κ2) is 4.25. The average Bonchev–Trinajstić information content (AvgIpc) is 2.17. The fourth-order valence-corrected chi connectivity index (χ4v) is 1.23. The van der Waals surface area contributed by atoms with Gasteiger partial charge in [0.2, 0.25) is 0 Å². The minimum absolute atomic E-state index is 0.191. The van der Waals surface area contributed by atoms with E-state index < -0.39 is 5.97 Å². The number of rotatable bonds is 2. The summed E-state index contributed by atoms with van der Waals surface area (Å²) in [4.78, 5) is 11.1. The van der Waals surface area contributed by atoms with Gasteiger partial charge in [-0.05, 0) is 11.6 Å². The summed E-state index contributed by atoms with van der Waals surface area (Å²) in [5.74, 6) is -0.500. The van der Waals surface area contributed by atoms with Crippen LogP contribution in [-0.2, 0) is 11.3 Å². The third-order valence-corrected chi connectivity index (χ3v) is 2.10. The zero-order valence-corrected chi connectivity index (χ0v) is 7.84.